The molecule has 4 bridgehead atoms. The van der Waals surface area contributed by atoms with Gasteiger partial charge in [-0.25, -0.2) is 0 Å². The van der Waals surface area contributed by atoms with E-state index in [1.54, 1.807) is 5.56 Å². The lowest BCUT2D eigenvalue weighted by Gasteiger charge is -2.57. The number of hydrogen-bond donors (Lipinski definition) is 0. The Morgan fingerprint density at radius 3 is 1.97 bits per heavy atom. The molecule has 0 N–H and O–H groups in total. The molecule has 0 amide bonds. The molecule has 0 spiro atoms. The molecule has 0 atom stereocenters. The summed E-state index contributed by atoms with van der Waals surface area (Å²) in [5.41, 5.74) is 7.78. The highest BCUT2D eigenvalue weighted by Crippen LogP contribution is 2.60. The van der Waals surface area contributed by atoms with Crippen LogP contribution in [-0.2, 0) is 5.41 Å². The van der Waals surface area contributed by atoms with E-state index in [-0.39, 0.29) is 0 Å². The van der Waals surface area contributed by atoms with Crippen LogP contribution in [-0.4, -0.2) is 0 Å². The summed E-state index contributed by atoms with van der Waals surface area (Å²) in [6.07, 6.45) is 8.80. The fraction of sp³-hybridized carbons (Fsp3) is 0.379. The molecule has 0 radical (unpaired) electrons. The summed E-state index contributed by atoms with van der Waals surface area (Å²) in [6.45, 7) is 2.13. The second kappa shape index (κ2) is 6.00. The predicted molar refractivity (Wildman–Crippen MR) is 124 cm³/mol. The third-order valence-corrected chi connectivity index (χ3v) is 8.57. The zero-order valence-corrected chi connectivity index (χ0v) is 17.7. The van der Waals surface area contributed by atoms with Crippen molar-refractivity contribution in [2.24, 2.45) is 17.8 Å². The Bertz CT molecular complexity index is 1240. The normalized spacial score (nSPS) is 29.8. The SMILES string of the molecule is Cc1cccc2c1oc1c(-c3ccc(C45CC6CC(CC(C6)C4)C5)cc3)cccc12. The molecule has 1 aromatic heterocycles. The van der Waals surface area contributed by atoms with Crippen LogP contribution < -0.4 is 0 Å². The first kappa shape index (κ1) is 17.2. The molecule has 0 aliphatic heterocycles. The van der Waals surface area contributed by atoms with Crippen molar-refractivity contribution in [1.29, 1.82) is 0 Å². The quantitative estimate of drug-likeness (QED) is 0.336. The monoisotopic (exact) mass is 392 g/mol. The van der Waals surface area contributed by atoms with E-state index in [0.717, 1.165) is 28.9 Å². The third kappa shape index (κ3) is 2.35. The Labute approximate surface area is 178 Å². The molecule has 1 nitrogen and oxygen atoms in total. The minimum absolute atomic E-state index is 0.468. The van der Waals surface area contributed by atoms with E-state index >= 15 is 0 Å². The van der Waals surface area contributed by atoms with Crippen LogP contribution in [0.2, 0.25) is 0 Å². The second-order valence-electron chi connectivity index (χ2n) is 10.5. The zero-order chi connectivity index (χ0) is 19.9. The molecular formula is C29H28O. The molecule has 4 aliphatic carbocycles. The summed E-state index contributed by atoms with van der Waals surface area (Å²) in [5.74, 6) is 2.97. The third-order valence-electron chi connectivity index (χ3n) is 8.57. The largest absolute Gasteiger partial charge is 0.455 e. The van der Waals surface area contributed by atoms with Crippen molar-refractivity contribution < 1.29 is 4.42 Å². The molecule has 4 aromatic rings. The zero-order valence-electron chi connectivity index (χ0n) is 17.7. The predicted octanol–water partition coefficient (Wildman–Crippen LogP) is 8.03. The standard InChI is InChI=1S/C29H28O/c1-18-4-2-6-25-26-7-3-5-24(28(26)30-27(18)25)22-8-10-23(11-9-22)29-15-19-12-20(16-29)14-21(13-19)17-29/h2-11,19-21H,12-17H2,1H3. The number of benzene rings is 3. The number of aryl methyl sites for hydroxylation is 1. The van der Waals surface area contributed by atoms with Crippen molar-refractivity contribution in [3.8, 4) is 11.1 Å². The smallest absolute Gasteiger partial charge is 0.143 e. The number of hydrogen-bond acceptors (Lipinski definition) is 1. The molecule has 8 rings (SSSR count). The minimum Gasteiger partial charge on any atom is -0.455 e. The Kier molecular flexibility index (Phi) is 3.44. The number of para-hydroxylation sites is 2. The Balaban J connectivity index is 1.32. The summed E-state index contributed by atoms with van der Waals surface area (Å²) < 4.78 is 6.40. The van der Waals surface area contributed by atoms with Gasteiger partial charge >= 0.3 is 0 Å². The van der Waals surface area contributed by atoms with E-state index in [9.17, 15) is 0 Å². The summed E-state index contributed by atoms with van der Waals surface area (Å²) in [6, 6.07) is 22.6. The summed E-state index contributed by atoms with van der Waals surface area (Å²) >= 11 is 0. The van der Waals surface area contributed by atoms with Crippen molar-refractivity contribution in [2.75, 3.05) is 0 Å². The Morgan fingerprint density at radius 1 is 0.700 bits per heavy atom. The van der Waals surface area contributed by atoms with Gasteiger partial charge in [0.05, 0.1) is 0 Å². The van der Waals surface area contributed by atoms with Gasteiger partial charge in [0.15, 0.2) is 0 Å². The molecule has 0 saturated heterocycles. The van der Waals surface area contributed by atoms with Gasteiger partial charge in [-0.1, -0.05) is 60.7 Å². The number of furan rings is 1. The topological polar surface area (TPSA) is 13.1 Å². The van der Waals surface area contributed by atoms with E-state index in [0.29, 0.717) is 5.41 Å². The molecule has 4 aliphatic rings. The maximum atomic E-state index is 6.40. The lowest BCUT2D eigenvalue weighted by Crippen LogP contribution is -2.48. The van der Waals surface area contributed by atoms with Crippen LogP contribution >= 0.6 is 0 Å². The van der Waals surface area contributed by atoms with Crippen LogP contribution in [0.5, 0.6) is 0 Å². The lowest BCUT2D eigenvalue weighted by atomic mass is 9.48. The van der Waals surface area contributed by atoms with Gasteiger partial charge in [-0.15, -0.1) is 0 Å². The van der Waals surface area contributed by atoms with Gasteiger partial charge in [-0.05, 0) is 85.3 Å². The molecular weight excluding hydrogens is 364 g/mol. The van der Waals surface area contributed by atoms with Crippen LogP contribution in [0.1, 0.15) is 49.7 Å². The highest BCUT2D eigenvalue weighted by Gasteiger charge is 2.51. The summed E-state index contributed by atoms with van der Waals surface area (Å²) in [7, 11) is 0. The maximum absolute atomic E-state index is 6.40. The van der Waals surface area contributed by atoms with Crippen molar-refractivity contribution in [2.45, 2.75) is 50.9 Å². The maximum Gasteiger partial charge on any atom is 0.143 e. The highest BCUT2D eigenvalue weighted by molar-refractivity contribution is 6.10. The summed E-state index contributed by atoms with van der Waals surface area (Å²) in [5, 5.41) is 2.44. The van der Waals surface area contributed by atoms with Gasteiger partial charge in [0.25, 0.3) is 0 Å². The van der Waals surface area contributed by atoms with Gasteiger partial charge in [0.2, 0.25) is 0 Å². The van der Waals surface area contributed by atoms with Crippen LogP contribution in [0.15, 0.2) is 65.1 Å². The van der Waals surface area contributed by atoms with Crippen LogP contribution in [0.25, 0.3) is 33.1 Å². The average molecular weight is 393 g/mol. The highest BCUT2D eigenvalue weighted by atomic mass is 16.3. The van der Waals surface area contributed by atoms with Gasteiger partial charge in [0, 0.05) is 16.3 Å². The molecule has 1 heteroatoms. The van der Waals surface area contributed by atoms with E-state index in [1.165, 1.54) is 66.0 Å². The van der Waals surface area contributed by atoms with Crippen LogP contribution in [0, 0.1) is 24.7 Å². The van der Waals surface area contributed by atoms with Gasteiger partial charge < -0.3 is 4.42 Å². The second-order valence-corrected chi connectivity index (χ2v) is 10.5. The molecule has 1 heterocycles. The van der Waals surface area contributed by atoms with E-state index in [1.807, 2.05) is 0 Å². The number of fused-ring (bicyclic) bond motifs is 3. The minimum atomic E-state index is 0.468. The van der Waals surface area contributed by atoms with E-state index in [4.69, 9.17) is 4.42 Å². The first-order valence-corrected chi connectivity index (χ1v) is 11.7. The first-order valence-electron chi connectivity index (χ1n) is 11.7. The molecule has 30 heavy (non-hydrogen) atoms. The molecule has 0 unspecified atom stereocenters. The van der Waals surface area contributed by atoms with Crippen LogP contribution in [0.3, 0.4) is 0 Å². The van der Waals surface area contributed by atoms with Crippen LogP contribution in [0.4, 0.5) is 0 Å². The Morgan fingerprint density at radius 2 is 1.30 bits per heavy atom. The fourth-order valence-corrected chi connectivity index (χ4v) is 7.66. The fourth-order valence-electron chi connectivity index (χ4n) is 7.66. The van der Waals surface area contributed by atoms with Crippen molar-refractivity contribution >= 4 is 21.9 Å². The summed E-state index contributed by atoms with van der Waals surface area (Å²) in [4.78, 5) is 0. The average Bonchev–Trinajstić information content (AvgIpc) is 3.13. The van der Waals surface area contributed by atoms with Crippen molar-refractivity contribution in [3.05, 3.63) is 71.8 Å². The van der Waals surface area contributed by atoms with Gasteiger partial charge in [-0.3, -0.25) is 0 Å². The molecule has 150 valence electrons. The van der Waals surface area contributed by atoms with Crippen molar-refractivity contribution in [1.82, 2.24) is 0 Å². The molecule has 4 fully saturated rings. The van der Waals surface area contributed by atoms with Gasteiger partial charge in [-0.2, -0.15) is 0 Å². The lowest BCUT2D eigenvalue weighted by molar-refractivity contribution is -0.00518. The number of rotatable bonds is 2. The van der Waals surface area contributed by atoms with Crippen molar-refractivity contribution in [3.63, 3.8) is 0 Å². The van der Waals surface area contributed by atoms with Gasteiger partial charge in [0.1, 0.15) is 11.2 Å². The molecule has 4 saturated carbocycles. The van der Waals surface area contributed by atoms with E-state index in [2.05, 4.69) is 67.6 Å². The Hall–Kier alpha value is -2.54. The van der Waals surface area contributed by atoms with E-state index < -0.39 is 0 Å². The molecule has 3 aromatic carbocycles. The first-order chi connectivity index (χ1) is 14.7.